The molecule has 0 aliphatic carbocycles. The smallest absolute Gasteiger partial charge is 0.259 e. The van der Waals surface area contributed by atoms with Gasteiger partial charge in [-0.2, -0.15) is 5.10 Å². The van der Waals surface area contributed by atoms with Crippen LogP contribution in [0, 0.1) is 13.8 Å². The zero-order chi connectivity index (χ0) is 15.9. The fraction of sp³-hybridized carbons (Fsp3) is 0.176. The van der Waals surface area contributed by atoms with Gasteiger partial charge < -0.3 is 10.4 Å². The number of carbonyl (C=O) groups excluding carboxylic acids is 1. The van der Waals surface area contributed by atoms with Crippen molar-refractivity contribution in [2.24, 2.45) is 5.10 Å². The van der Waals surface area contributed by atoms with E-state index in [9.17, 15) is 9.90 Å². The van der Waals surface area contributed by atoms with Gasteiger partial charge in [0.1, 0.15) is 5.75 Å². The number of hydrogen-bond donors (Lipinski definition) is 3. The van der Waals surface area contributed by atoms with Crippen molar-refractivity contribution in [3.05, 3.63) is 59.2 Å². The lowest BCUT2D eigenvalue weighted by Gasteiger charge is -2.08. The van der Waals surface area contributed by atoms with Gasteiger partial charge in [0.25, 0.3) is 5.91 Å². The Kier molecular flexibility index (Phi) is 5.14. The van der Waals surface area contributed by atoms with Crippen molar-refractivity contribution in [3.63, 3.8) is 0 Å². The zero-order valence-corrected chi connectivity index (χ0v) is 12.6. The molecule has 0 saturated heterocycles. The van der Waals surface area contributed by atoms with E-state index < -0.39 is 0 Å². The molecule has 3 N–H and O–H groups in total. The van der Waals surface area contributed by atoms with Crippen LogP contribution < -0.4 is 10.7 Å². The molecule has 1 amide bonds. The van der Waals surface area contributed by atoms with Crippen LogP contribution in [0.4, 0.5) is 5.69 Å². The third-order valence-corrected chi connectivity index (χ3v) is 3.25. The van der Waals surface area contributed by atoms with Crippen LogP contribution in [0.3, 0.4) is 0 Å². The van der Waals surface area contributed by atoms with Gasteiger partial charge in [0.2, 0.25) is 0 Å². The first-order valence-corrected chi connectivity index (χ1v) is 6.98. The maximum absolute atomic E-state index is 11.7. The summed E-state index contributed by atoms with van der Waals surface area (Å²) < 4.78 is 0. The van der Waals surface area contributed by atoms with Gasteiger partial charge in [-0.15, -0.1) is 0 Å². The monoisotopic (exact) mass is 297 g/mol. The lowest BCUT2D eigenvalue weighted by atomic mass is 10.1. The van der Waals surface area contributed by atoms with Crippen LogP contribution in [-0.2, 0) is 4.79 Å². The van der Waals surface area contributed by atoms with Crippen LogP contribution in [0.1, 0.15) is 16.7 Å². The van der Waals surface area contributed by atoms with Crippen molar-refractivity contribution in [2.75, 3.05) is 11.9 Å². The fourth-order valence-corrected chi connectivity index (χ4v) is 1.95. The van der Waals surface area contributed by atoms with E-state index in [1.54, 1.807) is 19.1 Å². The summed E-state index contributed by atoms with van der Waals surface area (Å²) in [6.07, 6.45) is 1.42. The molecule has 2 rings (SSSR count). The second kappa shape index (κ2) is 7.26. The second-order valence-electron chi connectivity index (χ2n) is 4.97. The molecule has 114 valence electrons. The summed E-state index contributed by atoms with van der Waals surface area (Å²) in [5.74, 6) is -0.0924. The number of aromatic hydroxyl groups is 1. The summed E-state index contributed by atoms with van der Waals surface area (Å²) in [5, 5.41) is 16.7. The quantitative estimate of drug-likeness (QED) is 0.586. The number of nitrogens with zero attached hydrogens (tertiary/aromatic N) is 1. The van der Waals surface area contributed by atoms with Crippen molar-refractivity contribution in [2.45, 2.75) is 13.8 Å². The Hall–Kier alpha value is -2.82. The Morgan fingerprint density at radius 2 is 1.86 bits per heavy atom. The number of hydrogen-bond acceptors (Lipinski definition) is 4. The minimum Gasteiger partial charge on any atom is -0.507 e. The molecule has 22 heavy (non-hydrogen) atoms. The van der Waals surface area contributed by atoms with Crippen LogP contribution in [0.15, 0.2) is 47.6 Å². The molecule has 0 aliphatic rings. The molecule has 0 atom stereocenters. The minimum absolute atomic E-state index is 0.127. The molecule has 0 saturated carbocycles. The van der Waals surface area contributed by atoms with Crippen molar-refractivity contribution in [3.8, 4) is 5.75 Å². The van der Waals surface area contributed by atoms with Crippen LogP contribution in [-0.4, -0.2) is 23.8 Å². The molecule has 2 aromatic carbocycles. The minimum atomic E-state index is -0.258. The van der Waals surface area contributed by atoms with Crippen molar-refractivity contribution in [1.82, 2.24) is 5.43 Å². The Morgan fingerprint density at radius 1 is 1.14 bits per heavy atom. The van der Waals surface area contributed by atoms with Gasteiger partial charge >= 0.3 is 0 Å². The van der Waals surface area contributed by atoms with Crippen LogP contribution in [0.5, 0.6) is 5.75 Å². The summed E-state index contributed by atoms with van der Waals surface area (Å²) in [6, 6.07) is 13.1. The van der Waals surface area contributed by atoms with Crippen LogP contribution >= 0.6 is 0 Å². The Labute approximate surface area is 129 Å². The molecular formula is C17H19N3O2. The van der Waals surface area contributed by atoms with Crippen molar-refractivity contribution >= 4 is 17.8 Å². The molecule has 0 aliphatic heterocycles. The summed E-state index contributed by atoms with van der Waals surface area (Å²) >= 11 is 0. The number of rotatable bonds is 5. The maximum atomic E-state index is 11.7. The molecule has 0 heterocycles. The number of carbonyl (C=O) groups is 1. The van der Waals surface area contributed by atoms with Gasteiger partial charge in [0, 0.05) is 11.3 Å². The van der Waals surface area contributed by atoms with E-state index >= 15 is 0 Å². The first-order valence-electron chi connectivity index (χ1n) is 6.98. The Bertz CT molecular complexity index is 696. The topological polar surface area (TPSA) is 73.7 Å². The van der Waals surface area contributed by atoms with Crippen LogP contribution in [0.2, 0.25) is 0 Å². The predicted octanol–water partition coefficient (Wildman–Crippen LogP) is 2.57. The summed E-state index contributed by atoms with van der Waals surface area (Å²) in [6.45, 7) is 3.90. The number of aryl methyl sites for hydroxylation is 2. The number of nitrogens with one attached hydrogen (secondary N) is 2. The van der Waals surface area contributed by atoms with Crippen molar-refractivity contribution < 1.29 is 9.90 Å². The number of anilines is 1. The number of hydrazone groups is 1. The first kappa shape index (κ1) is 15.6. The third-order valence-electron chi connectivity index (χ3n) is 3.25. The zero-order valence-electron chi connectivity index (χ0n) is 12.6. The maximum Gasteiger partial charge on any atom is 0.259 e. The number of phenolic OH excluding ortho intramolecular Hbond substituents is 1. The molecule has 5 heteroatoms. The number of phenols is 1. The highest BCUT2D eigenvalue weighted by Crippen LogP contribution is 2.19. The molecule has 2 aromatic rings. The second-order valence-corrected chi connectivity index (χ2v) is 4.97. The lowest BCUT2D eigenvalue weighted by molar-refractivity contribution is -0.119. The Morgan fingerprint density at radius 3 is 2.64 bits per heavy atom. The Balaban J connectivity index is 1.86. The van der Waals surface area contributed by atoms with E-state index in [0.717, 1.165) is 16.8 Å². The van der Waals surface area contributed by atoms with Gasteiger partial charge in [-0.3, -0.25) is 4.79 Å². The van der Waals surface area contributed by atoms with E-state index in [1.807, 2.05) is 37.3 Å². The van der Waals surface area contributed by atoms with E-state index in [4.69, 9.17) is 0 Å². The van der Waals surface area contributed by atoms with Gasteiger partial charge in [0.05, 0.1) is 12.8 Å². The molecular weight excluding hydrogens is 278 g/mol. The van der Waals surface area contributed by atoms with E-state index in [1.165, 1.54) is 6.21 Å². The highest BCUT2D eigenvalue weighted by atomic mass is 16.3. The van der Waals surface area contributed by atoms with E-state index in [0.29, 0.717) is 5.56 Å². The highest BCUT2D eigenvalue weighted by Gasteiger charge is 2.02. The molecule has 5 nitrogen and oxygen atoms in total. The third kappa shape index (κ3) is 4.09. The first-order chi connectivity index (χ1) is 10.6. The number of amides is 1. The average Bonchev–Trinajstić information content (AvgIpc) is 2.51. The average molecular weight is 297 g/mol. The van der Waals surface area contributed by atoms with Gasteiger partial charge in [-0.1, -0.05) is 30.3 Å². The molecule has 0 radical (unpaired) electrons. The van der Waals surface area contributed by atoms with Crippen molar-refractivity contribution in [1.29, 1.82) is 0 Å². The van der Waals surface area contributed by atoms with E-state index in [2.05, 4.69) is 15.8 Å². The molecule has 0 unspecified atom stereocenters. The molecule has 0 spiro atoms. The highest BCUT2D eigenvalue weighted by molar-refractivity contribution is 5.86. The predicted molar refractivity (Wildman–Crippen MR) is 88.2 cm³/mol. The largest absolute Gasteiger partial charge is 0.507 e. The van der Waals surface area contributed by atoms with Gasteiger partial charge in [0.15, 0.2) is 0 Å². The summed E-state index contributed by atoms with van der Waals surface area (Å²) in [5.41, 5.74) is 5.73. The lowest BCUT2D eigenvalue weighted by Crippen LogP contribution is -2.26. The standard InChI is InChI=1S/C17H19N3O2/c1-12-6-3-4-9-15(12)18-11-16(21)20-19-10-14-8-5-7-13(2)17(14)22/h3-10,18,22H,11H2,1-2H3,(H,20,21)/b19-10+. The molecule has 0 fully saturated rings. The number of benzene rings is 2. The molecule has 0 bridgehead atoms. The van der Waals surface area contributed by atoms with Crippen LogP contribution in [0.25, 0.3) is 0 Å². The number of para-hydroxylation sites is 2. The fourth-order valence-electron chi connectivity index (χ4n) is 1.95. The summed E-state index contributed by atoms with van der Waals surface area (Å²) in [7, 11) is 0. The summed E-state index contributed by atoms with van der Waals surface area (Å²) in [4.78, 5) is 11.7. The van der Waals surface area contributed by atoms with Gasteiger partial charge in [-0.25, -0.2) is 5.43 Å². The van der Waals surface area contributed by atoms with Gasteiger partial charge in [-0.05, 0) is 37.1 Å². The normalized spacial score (nSPS) is 10.6. The van der Waals surface area contributed by atoms with E-state index in [-0.39, 0.29) is 18.2 Å². The molecule has 0 aromatic heterocycles. The SMILES string of the molecule is Cc1ccccc1NCC(=O)N/N=C/c1cccc(C)c1O.